The summed E-state index contributed by atoms with van der Waals surface area (Å²) in [5.41, 5.74) is 6.58. The molecule has 1 atom stereocenters. The third-order valence-electron chi connectivity index (χ3n) is 7.12. The fourth-order valence-electron chi connectivity index (χ4n) is 5.46. The third-order valence-corrected chi connectivity index (χ3v) is 7.12. The molecular weight excluding hydrogens is 455 g/mol. The summed E-state index contributed by atoms with van der Waals surface area (Å²) in [6.45, 7) is 13.7. The summed E-state index contributed by atoms with van der Waals surface area (Å²) in [6.07, 6.45) is 0. The van der Waals surface area contributed by atoms with Crippen LogP contribution in [0.25, 0.3) is 38.1 Å². The first kappa shape index (κ1) is 22.5. The molecule has 2 aliphatic heterocycles. The Kier molecular flexibility index (Phi) is 5.59. The van der Waals surface area contributed by atoms with Gasteiger partial charge >= 0.3 is 0 Å². The van der Waals surface area contributed by atoms with E-state index in [2.05, 4.69) is 42.7 Å². The monoisotopic (exact) mass is 482 g/mol. The van der Waals surface area contributed by atoms with Crippen LogP contribution < -0.4 is 20.3 Å². The lowest BCUT2D eigenvalue weighted by molar-refractivity contribution is 0.247. The van der Waals surface area contributed by atoms with E-state index in [1.165, 1.54) is 6.07 Å². The first-order valence-electron chi connectivity index (χ1n) is 12.2. The first-order valence-corrected chi connectivity index (χ1v) is 12.2. The van der Waals surface area contributed by atoms with Gasteiger partial charge in [0, 0.05) is 42.7 Å². The molecule has 3 heterocycles. The van der Waals surface area contributed by atoms with Gasteiger partial charge in [-0.1, -0.05) is 18.2 Å². The Balaban J connectivity index is 1.46. The van der Waals surface area contributed by atoms with E-state index in [1.807, 2.05) is 32.2 Å². The number of ether oxygens (including phenoxy) is 1. The largest absolute Gasteiger partial charge is 0.489 e. The van der Waals surface area contributed by atoms with E-state index in [1.54, 1.807) is 6.07 Å². The second-order valence-corrected chi connectivity index (χ2v) is 9.44. The number of H-pyrrole nitrogens is 1. The van der Waals surface area contributed by atoms with Gasteiger partial charge in [0.15, 0.2) is 5.69 Å². The lowest BCUT2D eigenvalue weighted by Crippen LogP contribution is -2.55. The van der Waals surface area contributed by atoms with Crippen LogP contribution in [-0.4, -0.2) is 49.5 Å². The van der Waals surface area contributed by atoms with Crippen molar-refractivity contribution in [1.82, 2.24) is 20.8 Å². The van der Waals surface area contributed by atoms with Crippen molar-refractivity contribution in [2.45, 2.75) is 19.5 Å². The lowest BCUT2D eigenvalue weighted by atomic mass is 9.94. The van der Waals surface area contributed by atoms with Crippen molar-refractivity contribution in [3.05, 3.63) is 70.8 Å². The maximum atomic E-state index is 15.3. The van der Waals surface area contributed by atoms with Crippen LogP contribution in [0.2, 0.25) is 0 Å². The molecule has 1 unspecified atom stereocenters. The summed E-state index contributed by atoms with van der Waals surface area (Å²) >= 11 is 0. The quantitative estimate of drug-likeness (QED) is 0.365. The van der Waals surface area contributed by atoms with Crippen LogP contribution in [0.1, 0.15) is 11.1 Å². The molecule has 2 aliphatic rings. The molecule has 1 aromatic heterocycles. The zero-order chi connectivity index (χ0) is 24.8. The molecule has 182 valence electrons. The average molecular weight is 483 g/mol. The minimum absolute atomic E-state index is 0.331. The van der Waals surface area contributed by atoms with Gasteiger partial charge in [-0.3, -0.25) is 5.10 Å². The molecule has 3 aromatic carbocycles. The number of hydrogen-bond donors (Lipinski definition) is 3. The molecule has 0 saturated carbocycles. The van der Waals surface area contributed by atoms with E-state index in [0.29, 0.717) is 36.0 Å². The Morgan fingerprint density at radius 2 is 2.14 bits per heavy atom. The number of fused-ring (bicyclic) bond motifs is 4. The van der Waals surface area contributed by atoms with Gasteiger partial charge in [0.2, 0.25) is 0 Å². The molecule has 6 rings (SSSR count). The third kappa shape index (κ3) is 3.68. The number of halogens is 1. The zero-order valence-electron chi connectivity index (χ0n) is 20.3. The highest BCUT2D eigenvalue weighted by Crippen LogP contribution is 2.42. The molecule has 3 N–H and O–H groups in total. The maximum Gasteiger partial charge on any atom is 0.197 e. The summed E-state index contributed by atoms with van der Waals surface area (Å²) in [7, 11) is 1.83. The molecule has 4 aromatic rings. The van der Waals surface area contributed by atoms with Gasteiger partial charge in [-0.05, 0) is 54.9 Å². The molecule has 7 nitrogen and oxygen atoms in total. The van der Waals surface area contributed by atoms with Crippen molar-refractivity contribution in [3.8, 4) is 28.1 Å². The van der Waals surface area contributed by atoms with Crippen LogP contribution in [0.4, 0.5) is 15.8 Å². The van der Waals surface area contributed by atoms with Crippen molar-refractivity contribution < 1.29 is 9.13 Å². The number of piperazine rings is 1. The predicted molar refractivity (Wildman–Crippen MR) is 140 cm³/mol. The molecular formula is C28H27FN6O. The van der Waals surface area contributed by atoms with Crippen molar-refractivity contribution in [2.75, 3.05) is 38.2 Å². The van der Waals surface area contributed by atoms with Gasteiger partial charge < -0.3 is 20.3 Å². The number of anilines is 1. The van der Waals surface area contributed by atoms with Crippen molar-refractivity contribution >= 4 is 22.3 Å². The van der Waals surface area contributed by atoms with Crippen LogP contribution in [0.15, 0.2) is 42.5 Å². The number of nitrogens with zero attached hydrogens (tertiary/aromatic N) is 3. The van der Waals surface area contributed by atoms with E-state index < -0.39 is 0 Å². The molecule has 0 bridgehead atoms. The first-order chi connectivity index (χ1) is 17.6. The van der Waals surface area contributed by atoms with Gasteiger partial charge in [0.25, 0.3) is 0 Å². The van der Waals surface area contributed by atoms with Crippen LogP contribution in [0.5, 0.6) is 5.75 Å². The molecule has 0 aliphatic carbocycles. The van der Waals surface area contributed by atoms with E-state index >= 15 is 4.39 Å². The topological polar surface area (TPSA) is 69.6 Å². The van der Waals surface area contributed by atoms with Crippen molar-refractivity contribution in [3.63, 3.8) is 0 Å². The smallest absolute Gasteiger partial charge is 0.197 e. The van der Waals surface area contributed by atoms with E-state index in [4.69, 9.17) is 11.3 Å². The highest BCUT2D eigenvalue weighted by Gasteiger charge is 2.30. The number of hydrogen-bond acceptors (Lipinski definition) is 5. The Labute approximate surface area is 209 Å². The Hall–Kier alpha value is -3.93. The Morgan fingerprint density at radius 1 is 1.25 bits per heavy atom. The van der Waals surface area contributed by atoms with Gasteiger partial charge in [0.05, 0.1) is 29.5 Å². The van der Waals surface area contributed by atoms with Crippen molar-refractivity contribution in [2.24, 2.45) is 0 Å². The molecule has 0 spiro atoms. The second-order valence-electron chi connectivity index (χ2n) is 9.44. The fraction of sp³-hybridized carbons (Fsp3) is 0.286. The number of nitrogens with one attached hydrogen (secondary N) is 3. The molecule has 0 amide bonds. The summed E-state index contributed by atoms with van der Waals surface area (Å²) in [5, 5.41) is 15.0. The number of aromatic nitrogens is 2. The Morgan fingerprint density at radius 3 is 2.94 bits per heavy atom. The van der Waals surface area contributed by atoms with Crippen molar-refractivity contribution in [1.29, 1.82) is 0 Å². The van der Waals surface area contributed by atoms with E-state index in [0.717, 1.165) is 64.4 Å². The maximum absolute atomic E-state index is 15.3. The SMILES string of the molecule is [C-]#[N+]c1cc2[nH]nc(-c3ccc4c(c3)OCC3CNCCN43)c2cc1-c1c(C)cc(CNC)cc1F. The predicted octanol–water partition coefficient (Wildman–Crippen LogP) is 4.79. The van der Waals surface area contributed by atoms with E-state index in [-0.39, 0.29) is 5.82 Å². The summed E-state index contributed by atoms with van der Waals surface area (Å²) in [5.74, 6) is 0.518. The number of benzene rings is 3. The number of rotatable bonds is 4. The minimum Gasteiger partial charge on any atom is -0.489 e. The summed E-state index contributed by atoms with van der Waals surface area (Å²) < 4.78 is 21.5. The van der Waals surface area contributed by atoms with Gasteiger partial charge in [0.1, 0.15) is 18.2 Å². The molecule has 36 heavy (non-hydrogen) atoms. The van der Waals surface area contributed by atoms with Gasteiger partial charge in [-0.15, -0.1) is 0 Å². The van der Waals surface area contributed by atoms with Gasteiger partial charge in [-0.2, -0.15) is 5.10 Å². The Bertz CT molecular complexity index is 1500. The van der Waals surface area contributed by atoms with Crippen LogP contribution >= 0.6 is 0 Å². The van der Waals surface area contributed by atoms with Gasteiger partial charge in [-0.25, -0.2) is 9.24 Å². The highest BCUT2D eigenvalue weighted by molar-refractivity contribution is 6.00. The summed E-state index contributed by atoms with van der Waals surface area (Å²) in [4.78, 5) is 6.12. The minimum atomic E-state index is -0.331. The zero-order valence-corrected chi connectivity index (χ0v) is 20.3. The summed E-state index contributed by atoms with van der Waals surface area (Å²) in [6, 6.07) is 13.7. The fourth-order valence-corrected chi connectivity index (χ4v) is 5.46. The normalized spacial score (nSPS) is 16.8. The lowest BCUT2D eigenvalue weighted by Gasteiger charge is -2.42. The van der Waals surface area contributed by atoms with Crippen LogP contribution in [0.3, 0.4) is 0 Å². The standard InChI is InChI=1S/C28H27FN6O/c1-16-8-17(13-30-2)9-22(29)27(16)20-11-21-24(12-23(20)31-3)33-34-28(21)18-4-5-25-26(10-18)36-15-19-14-32-6-7-35(19)25/h4-5,8-12,19,30,32H,6-7,13-15H2,1-2H3,(H,33,34). The average Bonchev–Trinajstić information content (AvgIpc) is 3.30. The number of aryl methyl sites for hydroxylation is 1. The molecule has 1 fully saturated rings. The number of aromatic amines is 1. The second kappa shape index (κ2) is 8.94. The van der Waals surface area contributed by atoms with Crippen LogP contribution in [0, 0.1) is 19.3 Å². The molecule has 8 heteroatoms. The van der Waals surface area contributed by atoms with E-state index in [9.17, 15) is 0 Å². The molecule has 1 saturated heterocycles. The molecule has 0 radical (unpaired) electrons. The highest BCUT2D eigenvalue weighted by atomic mass is 19.1. The van der Waals surface area contributed by atoms with Crippen LogP contribution in [-0.2, 0) is 6.54 Å².